The largest absolute Gasteiger partial charge is 0.460 e. The Balaban J connectivity index is 2.14. The molecule has 0 fully saturated rings. The lowest BCUT2D eigenvalue weighted by Crippen LogP contribution is -2.23. The van der Waals surface area contributed by atoms with Crippen LogP contribution >= 0.6 is 11.6 Å². The van der Waals surface area contributed by atoms with Crippen molar-refractivity contribution in [3.63, 3.8) is 0 Å². The van der Waals surface area contributed by atoms with Crippen LogP contribution in [0.25, 0.3) is 22.1 Å². The van der Waals surface area contributed by atoms with Crippen LogP contribution in [-0.2, 0) is 12.8 Å². The minimum atomic E-state index is 0.0657. The lowest BCUT2D eigenvalue weighted by molar-refractivity contribution is 0.319. The SMILES string of the molecule is CC1(C)Cc2nc(Cl)c(C#N)c3c(-c4ccccc4)oc(c23)C1. The highest BCUT2D eigenvalue weighted by Gasteiger charge is 2.34. The van der Waals surface area contributed by atoms with Gasteiger partial charge in [-0.3, -0.25) is 0 Å². The van der Waals surface area contributed by atoms with Gasteiger partial charge in [0.05, 0.1) is 11.1 Å². The molecule has 114 valence electrons. The predicted molar refractivity (Wildman–Crippen MR) is 90.4 cm³/mol. The minimum Gasteiger partial charge on any atom is -0.460 e. The van der Waals surface area contributed by atoms with Gasteiger partial charge in [0.25, 0.3) is 0 Å². The Morgan fingerprint density at radius 2 is 1.91 bits per heavy atom. The molecular formula is C19H15ClN2O. The minimum absolute atomic E-state index is 0.0657. The van der Waals surface area contributed by atoms with Crippen LogP contribution in [-0.4, -0.2) is 4.98 Å². The first-order chi connectivity index (χ1) is 11.0. The predicted octanol–water partition coefficient (Wildman–Crippen LogP) is 5.14. The van der Waals surface area contributed by atoms with Crippen molar-refractivity contribution in [2.45, 2.75) is 26.7 Å². The molecule has 0 N–H and O–H groups in total. The van der Waals surface area contributed by atoms with E-state index in [2.05, 4.69) is 24.9 Å². The molecular weight excluding hydrogens is 308 g/mol. The summed E-state index contributed by atoms with van der Waals surface area (Å²) in [5, 5.41) is 11.6. The van der Waals surface area contributed by atoms with Crippen molar-refractivity contribution in [2.75, 3.05) is 0 Å². The van der Waals surface area contributed by atoms with Crippen LogP contribution in [0.4, 0.5) is 0 Å². The normalized spacial score (nSPS) is 15.6. The number of pyridine rings is 1. The Kier molecular flexibility index (Phi) is 3.01. The number of benzene rings is 1. The number of aromatic nitrogens is 1. The van der Waals surface area contributed by atoms with E-state index in [-0.39, 0.29) is 10.6 Å². The smallest absolute Gasteiger partial charge is 0.147 e. The van der Waals surface area contributed by atoms with Crippen molar-refractivity contribution in [3.8, 4) is 17.4 Å². The first kappa shape index (κ1) is 14.3. The average Bonchev–Trinajstić information content (AvgIpc) is 2.87. The van der Waals surface area contributed by atoms with Crippen LogP contribution < -0.4 is 0 Å². The highest BCUT2D eigenvalue weighted by atomic mass is 35.5. The summed E-state index contributed by atoms with van der Waals surface area (Å²) in [6.07, 6.45) is 1.66. The summed E-state index contributed by atoms with van der Waals surface area (Å²) < 4.78 is 6.22. The molecule has 1 aliphatic carbocycles. The Morgan fingerprint density at radius 3 is 2.61 bits per heavy atom. The van der Waals surface area contributed by atoms with Gasteiger partial charge in [-0.25, -0.2) is 4.98 Å². The Bertz CT molecular complexity index is 965. The molecule has 0 amide bonds. The molecule has 0 saturated heterocycles. The van der Waals surface area contributed by atoms with E-state index < -0.39 is 0 Å². The van der Waals surface area contributed by atoms with Crippen LogP contribution in [0.5, 0.6) is 0 Å². The molecule has 0 aliphatic heterocycles. The first-order valence-electron chi connectivity index (χ1n) is 7.59. The summed E-state index contributed by atoms with van der Waals surface area (Å²) in [5.74, 6) is 1.63. The highest BCUT2D eigenvalue weighted by molar-refractivity contribution is 6.32. The second-order valence-electron chi connectivity index (χ2n) is 6.82. The molecule has 3 aromatic rings. The standard InChI is InChI=1S/C19H15ClN2O/c1-19(2)8-13-16-14(9-19)23-17(11-6-4-3-5-7-11)15(16)12(10-21)18(20)22-13/h3-7H,8-9H2,1-2H3. The molecule has 1 aromatic carbocycles. The number of nitrogens with zero attached hydrogens (tertiary/aromatic N) is 2. The van der Waals surface area contributed by atoms with Crippen LogP contribution in [0.3, 0.4) is 0 Å². The van der Waals surface area contributed by atoms with Gasteiger partial charge in [-0.05, 0) is 11.8 Å². The molecule has 4 heteroatoms. The van der Waals surface area contributed by atoms with Crippen molar-refractivity contribution in [1.82, 2.24) is 4.98 Å². The summed E-state index contributed by atoms with van der Waals surface area (Å²) >= 11 is 6.30. The van der Waals surface area contributed by atoms with E-state index in [4.69, 9.17) is 16.0 Å². The van der Waals surface area contributed by atoms with Crippen LogP contribution in [0.15, 0.2) is 34.7 Å². The zero-order valence-corrected chi connectivity index (χ0v) is 13.7. The summed E-state index contributed by atoms with van der Waals surface area (Å²) in [6.45, 7) is 4.39. The van der Waals surface area contributed by atoms with Crippen molar-refractivity contribution < 1.29 is 4.42 Å². The lowest BCUT2D eigenvalue weighted by atomic mass is 9.78. The third-order valence-electron chi connectivity index (χ3n) is 4.39. The molecule has 4 rings (SSSR count). The van der Waals surface area contributed by atoms with E-state index in [1.54, 1.807) is 0 Å². The molecule has 0 atom stereocenters. The summed E-state index contributed by atoms with van der Waals surface area (Å²) in [7, 11) is 0. The molecule has 0 bridgehead atoms. The van der Waals surface area contributed by atoms with Gasteiger partial charge in [0.15, 0.2) is 0 Å². The summed E-state index contributed by atoms with van der Waals surface area (Å²) in [4.78, 5) is 4.49. The Morgan fingerprint density at radius 1 is 1.17 bits per heavy atom. The fourth-order valence-corrected chi connectivity index (χ4v) is 3.69. The number of hydrogen-bond donors (Lipinski definition) is 0. The van der Waals surface area contributed by atoms with Crippen molar-refractivity contribution in [2.24, 2.45) is 5.41 Å². The topological polar surface area (TPSA) is 49.8 Å². The van der Waals surface area contributed by atoms with Gasteiger partial charge in [-0.2, -0.15) is 5.26 Å². The number of rotatable bonds is 1. The van der Waals surface area contributed by atoms with Gasteiger partial charge in [0, 0.05) is 17.4 Å². The molecule has 23 heavy (non-hydrogen) atoms. The zero-order chi connectivity index (χ0) is 16.2. The monoisotopic (exact) mass is 322 g/mol. The maximum atomic E-state index is 9.57. The van der Waals surface area contributed by atoms with Gasteiger partial charge in [0.2, 0.25) is 0 Å². The second kappa shape index (κ2) is 4.84. The third-order valence-corrected chi connectivity index (χ3v) is 4.67. The molecule has 2 aromatic heterocycles. The van der Waals surface area contributed by atoms with Crippen LogP contribution in [0.1, 0.15) is 30.9 Å². The van der Waals surface area contributed by atoms with Crippen LogP contribution in [0, 0.1) is 16.7 Å². The highest BCUT2D eigenvalue weighted by Crippen LogP contribution is 2.45. The zero-order valence-electron chi connectivity index (χ0n) is 13.0. The molecule has 1 aliphatic rings. The molecule has 2 heterocycles. The molecule has 0 unspecified atom stereocenters. The Hall–Kier alpha value is -2.31. The number of hydrogen-bond acceptors (Lipinski definition) is 3. The van der Waals surface area contributed by atoms with E-state index in [0.717, 1.165) is 46.4 Å². The fraction of sp³-hybridized carbons (Fsp3) is 0.263. The third kappa shape index (κ3) is 2.14. The van der Waals surface area contributed by atoms with Gasteiger partial charge < -0.3 is 4.42 Å². The summed E-state index contributed by atoms with van der Waals surface area (Å²) in [6, 6.07) is 12.1. The average molecular weight is 323 g/mol. The van der Waals surface area contributed by atoms with Crippen molar-refractivity contribution in [3.05, 3.63) is 52.5 Å². The quantitative estimate of drug-likeness (QED) is 0.582. The first-order valence-corrected chi connectivity index (χ1v) is 7.97. The number of furan rings is 1. The number of halogens is 1. The van der Waals surface area contributed by atoms with E-state index in [9.17, 15) is 5.26 Å². The maximum absolute atomic E-state index is 9.57. The van der Waals surface area contributed by atoms with Crippen LogP contribution in [0.2, 0.25) is 5.15 Å². The fourth-order valence-electron chi connectivity index (χ4n) is 3.45. The molecule has 3 nitrogen and oxygen atoms in total. The lowest BCUT2D eigenvalue weighted by Gasteiger charge is -2.27. The van der Waals surface area contributed by atoms with E-state index >= 15 is 0 Å². The second-order valence-corrected chi connectivity index (χ2v) is 7.18. The van der Waals surface area contributed by atoms with E-state index in [1.165, 1.54) is 0 Å². The number of nitriles is 1. The molecule has 0 spiro atoms. The van der Waals surface area contributed by atoms with E-state index in [0.29, 0.717) is 5.56 Å². The Labute approximate surface area is 139 Å². The molecule has 0 saturated carbocycles. The van der Waals surface area contributed by atoms with E-state index in [1.807, 2.05) is 30.3 Å². The summed E-state index contributed by atoms with van der Waals surface area (Å²) in [5.41, 5.74) is 2.35. The van der Waals surface area contributed by atoms with Crippen molar-refractivity contribution >= 4 is 22.4 Å². The van der Waals surface area contributed by atoms with Gasteiger partial charge in [-0.1, -0.05) is 55.8 Å². The van der Waals surface area contributed by atoms with Gasteiger partial charge in [0.1, 0.15) is 28.3 Å². The van der Waals surface area contributed by atoms with Gasteiger partial charge >= 0.3 is 0 Å². The van der Waals surface area contributed by atoms with Gasteiger partial charge in [-0.15, -0.1) is 0 Å². The molecule has 0 radical (unpaired) electrons. The maximum Gasteiger partial charge on any atom is 0.147 e. The van der Waals surface area contributed by atoms with Crippen molar-refractivity contribution in [1.29, 1.82) is 5.26 Å².